The zero-order valence-corrected chi connectivity index (χ0v) is 26.9. The van der Waals surface area contributed by atoms with E-state index in [1.807, 2.05) is 9.80 Å². The Morgan fingerprint density at radius 3 is 2.60 bits per heavy atom. The Labute approximate surface area is 266 Å². The Morgan fingerprint density at radius 2 is 1.80 bits per heavy atom. The van der Waals surface area contributed by atoms with Gasteiger partial charge in [-0.25, -0.2) is 13.6 Å². The third-order valence-corrected chi connectivity index (χ3v) is 12.2. The average molecular weight is 630 g/mol. The maximum Gasteiger partial charge on any atom is 0.320 e. The van der Waals surface area contributed by atoms with Gasteiger partial charge in [-0.15, -0.1) is 0 Å². The van der Waals surface area contributed by atoms with Crippen molar-refractivity contribution in [3.8, 4) is 0 Å². The van der Waals surface area contributed by atoms with Crippen LogP contribution in [0, 0.1) is 23.7 Å². The van der Waals surface area contributed by atoms with Crippen molar-refractivity contribution >= 4 is 11.9 Å². The van der Waals surface area contributed by atoms with Crippen LogP contribution in [-0.2, 0) is 4.79 Å². The summed E-state index contributed by atoms with van der Waals surface area (Å²) in [5.74, 6) is 0.0169. The van der Waals surface area contributed by atoms with Crippen LogP contribution in [0.3, 0.4) is 0 Å². The van der Waals surface area contributed by atoms with E-state index in [0.29, 0.717) is 37.8 Å². The monoisotopic (exact) mass is 629 g/mol. The SMILES string of the molecule is C=CC(=O)N1CCN(C2NC(=O)N3C4CC(CC/C=C\CNC5CCC(F)C(C5)C5NC3C2CC5F)CNC4C(C)C)C2CC21. The van der Waals surface area contributed by atoms with Gasteiger partial charge in [-0.2, -0.15) is 0 Å². The number of halogens is 2. The van der Waals surface area contributed by atoms with Gasteiger partial charge >= 0.3 is 6.03 Å². The van der Waals surface area contributed by atoms with Crippen LogP contribution in [0.2, 0.25) is 0 Å². The second-order valence-electron chi connectivity index (χ2n) is 15.2. The van der Waals surface area contributed by atoms with Crippen LogP contribution in [0.5, 0.6) is 0 Å². The quantitative estimate of drug-likeness (QED) is 0.284. The van der Waals surface area contributed by atoms with Gasteiger partial charge < -0.3 is 25.8 Å². The van der Waals surface area contributed by atoms with Gasteiger partial charge in [0.1, 0.15) is 12.3 Å². The largest absolute Gasteiger partial charge is 0.333 e. The van der Waals surface area contributed by atoms with Crippen LogP contribution in [0.25, 0.3) is 0 Å². The fourth-order valence-corrected chi connectivity index (χ4v) is 9.90. The second kappa shape index (κ2) is 12.8. The van der Waals surface area contributed by atoms with Gasteiger partial charge in [-0.3, -0.25) is 15.0 Å². The summed E-state index contributed by atoms with van der Waals surface area (Å²) >= 11 is 0. The molecule has 7 rings (SSSR count). The summed E-state index contributed by atoms with van der Waals surface area (Å²) in [6, 6.07) is -0.325. The molecule has 4 saturated heterocycles. The third kappa shape index (κ3) is 5.95. The molecule has 0 aromatic heterocycles. The molecule has 5 heterocycles. The molecule has 6 fully saturated rings. The minimum atomic E-state index is -1.22. The Kier molecular flexibility index (Phi) is 9.00. The van der Waals surface area contributed by atoms with Crippen molar-refractivity contribution in [3.05, 3.63) is 24.8 Å². The number of carbonyl (C=O) groups excluding carboxylic acids is 2. The molecule has 2 aliphatic carbocycles. The summed E-state index contributed by atoms with van der Waals surface area (Å²) in [5, 5.41) is 14.4. The molecule has 6 bridgehead atoms. The van der Waals surface area contributed by atoms with E-state index < -0.39 is 30.5 Å². The van der Waals surface area contributed by atoms with Crippen molar-refractivity contribution < 1.29 is 18.4 Å². The third-order valence-electron chi connectivity index (χ3n) is 12.2. The molecule has 4 N–H and O–H groups in total. The van der Waals surface area contributed by atoms with Crippen molar-refractivity contribution in [2.45, 2.75) is 126 Å². The molecule has 7 aliphatic rings. The Bertz CT molecular complexity index is 1160. The number of piperazine rings is 1. The number of hydrogen-bond acceptors (Lipinski definition) is 6. The molecule has 9 nitrogen and oxygen atoms in total. The summed E-state index contributed by atoms with van der Waals surface area (Å²) in [7, 11) is 0. The van der Waals surface area contributed by atoms with Crippen LogP contribution in [-0.4, -0.2) is 114 Å². The van der Waals surface area contributed by atoms with Gasteiger partial charge in [0.25, 0.3) is 0 Å². The standard InChI is InChI=1S/C34H53F2N7O2/c1-4-29(44)41-12-13-42(27-17-26(27)41)32-23-16-25(36)31-22-15-21(9-10-24(22)35)37-11-7-5-6-8-20-14-28(30(19(2)3)38-18-20)43(33(23)39-31)34(45)40-32/h4-5,7,19-28,30-33,37-39H,1,6,8-18H2,2-3H3,(H,40,45)/b7-5-. The van der Waals surface area contributed by atoms with E-state index in [9.17, 15) is 9.59 Å². The summed E-state index contributed by atoms with van der Waals surface area (Å²) in [6.45, 7) is 10.9. The van der Waals surface area contributed by atoms with Gasteiger partial charge in [-0.1, -0.05) is 32.6 Å². The van der Waals surface area contributed by atoms with E-state index in [1.54, 1.807) is 0 Å². The molecule has 2 saturated carbocycles. The van der Waals surface area contributed by atoms with Crippen LogP contribution in [0.4, 0.5) is 13.6 Å². The average Bonchev–Trinajstić information content (AvgIpc) is 3.83. The van der Waals surface area contributed by atoms with Crippen LogP contribution in [0.15, 0.2) is 24.8 Å². The molecule has 45 heavy (non-hydrogen) atoms. The Morgan fingerprint density at radius 1 is 0.956 bits per heavy atom. The van der Waals surface area contributed by atoms with Gasteiger partial charge in [0, 0.05) is 61.7 Å². The van der Waals surface area contributed by atoms with Crippen LogP contribution < -0.4 is 21.3 Å². The predicted octanol–water partition coefficient (Wildman–Crippen LogP) is 2.90. The minimum Gasteiger partial charge on any atom is -0.333 e. The molecule has 0 spiro atoms. The lowest BCUT2D eigenvalue weighted by Crippen LogP contribution is -2.79. The normalized spacial score (nSPS) is 46.2. The molecule has 250 valence electrons. The predicted molar refractivity (Wildman–Crippen MR) is 170 cm³/mol. The first-order valence-corrected chi connectivity index (χ1v) is 17.7. The van der Waals surface area contributed by atoms with Crippen molar-refractivity contribution in [1.82, 2.24) is 36.0 Å². The molecule has 13 unspecified atom stereocenters. The number of amides is 3. The number of allylic oxidation sites excluding steroid dienone is 1. The number of urea groups is 1. The second-order valence-corrected chi connectivity index (χ2v) is 15.2. The number of rotatable bonds is 3. The highest BCUT2D eigenvalue weighted by Crippen LogP contribution is 2.45. The Balaban J connectivity index is 1.22. The number of carbonyl (C=O) groups is 2. The van der Waals surface area contributed by atoms with E-state index in [0.717, 1.165) is 45.2 Å². The molecule has 0 aromatic rings. The maximum absolute atomic E-state index is 16.5. The van der Waals surface area contributed by atoms with Gasteiger partial charge in [0.05, 0.1) is 18.4 Å². The molecular weight excluding hydrogens is 576 g/mol. The van der Waals surface area contributed by atoms with Crippen molar-refractivity contribution in [2.75, 3.05) is 26.2 Å². The van der Waals surface area contributed by atoms with Crippen LogP contribution >= 0.6 is 0 Å². The molecule has 13 atom stereocenters. The highest BCUT2D eigenvalue weighted by Gasteiger charge is 2.59. The number of alkyl halides is 2. The van der Waals surface area contributed by atoms with E-state index in [-0.39, 0.29) is 60.7 Å². The van der Waals surface area contributed by atoms with E-state index in [2.05, 4.69) is 58.7 Å². The van der Waals surface area contributed by atoms with Gasteiger partial charge in [0.2, 0.25) is 5.91 Å². The Hall–Kier alpha value is -2.08. The molecule has 11 heteroatoms. The maximum atomic E-state index is 16.5. The number of hydrogen-bond donors (Lipinski definition) is 4. The van der Waals surface area contributed by atoms with Crippen molar-refractivity contribution in [1.29, 1.82) is 0 Å². The summed E-state index contributed by atoms with van der Waals surface area (Å²) in [4.78, 5) is 33.1. The first-order chi connectivity index (χ1) is 21.7. The van der Waals surface area contributed by atoms with Crippen LogP contribution in [0.1, 0.15) is 65.2 Å². The van der Waals surface area contributed by atoms with Crippen molar-refractivity contribution in [2.24, 2.45) is 23.7 Å². The molecule has 0 aromatic carbocycles. The lowest BCUT2D eigenvalue weighted by atomic mass is 9.73. The first-order valence-electron chi connectivity index (χ1n) is 17.7. The fraction of sp³-hybridized carbons (Fsp3) is 0.824. The molecule has 5 aliphatic heterocycles. The number of piperidine rings is 2. The number of nitrogens with one attached hydrogen (secondary N) is 4. The molecule has 3 amide bonds. The van der Waals surface area contributed by atoms with E-state index >= 15 is 8.78 Å². The fourth-order valence-electron chi connectivity index (χ4n) is 9.90. The molecule has 0 radical (unpaired) electrons. The van der Waals surface area contributed by atoms with E-state index in [1.165, 1.54) is 6.08 Å². The highest BCUT2D eigenvalue weighted by molar-refractivity contribution is 5.87. The lowest BCUT2D eigenvalue weighted by molar-refractivity contribution is -0.130. The zero-order chi connectivity index (χ0) is 31.4. The zero-order valence-electron chi connectivity index (χ0n) is 26.9. The smallest absolute Gasteiger partial charge is 0.320 e. The van der Waals surface area contributed by atoms with Gasteiger partial charge in [-0.05, 0) is 75.8 Å². The first kappa shape index (κ1) is 31.5. The molecular formula is C34H53F2N7O2. The topological polar surface area (TPSA) is 92.0 Å². The summed E-state index contributed by atoms with van der Waals surface area (Å²) < 4.78 is 32.2. The number of nitrogens with zero attached hydrogens (tertiary/aromatic N) is 3. The van der Waals surface area contributed by atoms with Gasteiger partial charge in [0.15, 0.2) is 0 Å². The van der Waals surface area contributed by atoms with Crippen molar-refractivity contribution in [3.63, 3.8) is 0 Å². The summed E-state index contributed by atoms with van der Waals surface area (Å²) in [6.07, 6.45) is 8.58. The summed E-state index contributed by atoms with van der Waals surface area (Å²) in [5.41, 5.74) is 0. The number of fused-ring (bicyclic) bond motifs is 8. The highest BCUT2D eigenvalue weighted by atomic mass is 19.1. The van der Waals surface area contributed by atoms with E-state index in [4.69, 9.17) is 0 Å². The lowest BCUT2D eigenvalue weighted by Gasteiger charge is -2.58. The minimum absolute atomic E-state index is 0.0554.